The molecule has 19 heavy (non-hydrogen) atoms. The van der Waals surface area contributed by atoms with Gasteiger partial charge in [-0.2, -0.15) is 0 Å². The van der Waals surface area contributed by atoms with Crippen LogP contribution < -0.4 is 0 Å². The lowest BCUT2D eigenvalue weighted by Crippen LogP contribution is -2.07. The molecule has 0 aliphatic carbocycles. The first-order valence-corrected chi connectivity index (χ1v) is 6.73. The van der Waals surface area contributed by atoms with Crippen molar-refractivity contribution in [1.29, 1.82) is 0 Å². The molecule has 0 aliphatic heterocycles. The third-order valence-electron chi connectivity index (χ3n) is 3.08. The number of nitrogens with one attached hydrogen (secondary N) is 1. The average molecular weight is 294 g/mol. The van der Waals surface area contributed by atoms with Gasteiger partial charge in [-0.25, -0.2) is 0 Å². The van der Waals surface area contributed by atoms with E-state index in [9.17, 15) is 0 Å². The molecule has 0 spiro atoms. The molecule has 3 rings (SSSR count). The van der Waals surface area contributed by atoms with Gasteiger partial charge < -0.3 is 14.1 Å². The number of halogens is 1. The first kappa shape index (κ1) is 12.4. The number of imidazole rings is 1. The quantitative estimate of drug-likeness (QED) is 0.755. The van der Waals surface area contributed by atoms with E-state index in [1.54, 1.807) is 6.33 Å². The van der Waals surface area contributed by atoms with Gasteiger partial charge in [0.25, 0.3) is 0 Å². The van der Waals surface area contributed by atoms with Crippen LogP contribution in [-0.2, 0) is 13.1 Å². The van der Waals surface area contributed by atoms with E-state index in [0.717, 1.165) is 23.4 Å². The molecule has 0 saturated heterocycles. The monoisotopic (exact) mass is 293 g/mol. The zero-order chi connectivity index (χ0) is 13.4. The highest BCUT2D eigenvalue weighted by atomic mass is 35.5. The van der Waals surface area contributed by atoms with Crippen molar-refractivity contribution in [3.05, 3.63) is 40.1 Å². The Labute approximate surface area is 119 Å². The normalized spacial score (nSPS) is 11.3. The molecule has 7 heteroatoms. The number of rotatable bonds is 3. The lowest BCUT2D eigenvalue weighted by atomic mass is 10.3. The Kier molecular flexibility index (Phi) is 3.12. The largest absolute Gasteiger partial charge is 0.331 e. The van der Waals surface area contributed by atoms with Gasteiger partial charge in [0, 0.05) is 6.54 Å². The molecule has 0 amide bonds. The summed E-state index contributed by atoms with van der Waals surface area (Å²) in [5.41, 5.74) is 1.83. The Morgan fingerprint density at radius 3 is 3.05 bits per heavy atom. The van der Waals surface area contributed by atoms with E-state index < -0.39 is 0 Å². The van der Waals surface area contributed by atoms with Crippen LogP contribution in [0, 0.1) is 4.77 Å². The molecule has 0 fully saturated rings. The van der Waals surface area contributed by atoms with Crippen LogP contribution >= 0.6 is 23.8 Å². The molecule has 0 unspecified atom stereocenters. The second-order valence-electron chi connectivity index (χ2n) is 4.19. The fraction of sp³-hybridized carbons (Fsp3) is 0.250. The molecule has 0 saturated carbocycles. The molecule has 0 bridgehead atoms. The summed E-state index contributed by atoms with van der Waals surface area (Å²) in [4.78, 5) is 3.15. The summed E-state index contributed by atoms with van der Waals surface area (Å²) in [6, 6.07) is 5.71. The molecule has 0 radical (unpaired) electrons. The number of fused-ring (bicyclic) bond motifs is 1. The number of benzene rings is 1. The summed E-state index contributed by atoms with van der Waals surface area (Å²) < 4.78 is 4.56. The van der Waals surface area contributed by atoms with Crippen LogP contribution in [0.1, 0.15) is 12.7 Å². The summed E-state index contributed by atoms with van der Waals surface area (Å²) in [6.45, 7) is 3.43. The van der Waals surface area contributed by atoms with Gasteiger partial charge in [0.15, 0.2) is 10.6 Å². The van der Waals surface area contributed by atoms with Crippen molar-refractivity contribution in [1.82, 2.24) is 24.3 Å². The number of para-hydroxylation sites is 1. The number of aromatic amines is 1. The molecule has 3 aromatic rings. The van der Waals surface area contributed by atoms with Gasteiger partial charge in [-0.1, -0.05) is 17.7 Å². The Bertz CT molecular complexity index is 785. The van der Waals surface area contributed by atoms with E-state index in [2.05, 4.69) is 15.2 Å². The van der Waals surface area contributed by atoms with E-state index >= 15 is 0 Å². The van der Waals surface area contributed by atoms with Crippen LogP contribution in [0.2, 0.25) is 5.02 Å². The highest BCUT2D eigenvalue weighted by Crippen LogP contribution is 2.23. The predicted molar refractivity (Wildman–Crippen MR) is 76.9 cm³/mol. The molecule has 5 nitrogen and oxygen atoms in total. The lowest BCUT2D eigenvalue weighted by molar-refractivity contribution is 0.655. The van der Waals surface area contributed by atoms with Crippen molar-refractivity contribution in [2.45, 2.75) is 20.0 Å². The molecule has 0 atom stereocenters. The lowest BCUT2D eigenvalue weighted by Gasteiger charge is -2.06. The molecule has 2 aromatic heterocycles. The summed E-state index contributed by atoms with van der Waals surface area (Å²) in [7, 11) is 0. The van der Waals surface area contributed by atoms with Crippen molar-refractivity contribution >= 4 is 34.9 Å². The SMILES string of the molecule is CCn1cnnc1Cn1c(=S)[nH]c2cccc(Cl)c21. The third-order valence-corrected chi connectivity index (χ3v) is 3.71. The van der Waals surface area contributed by atoms with Crippen LogP contribution in [0.5, 0.6) is 0 Å². The van der Waals surface area contributed by atoms with Gasteiger partial charge in [0.1, 0.15) is 6.33 Å². The van der Waals surface area contributed by atoms with E-state index in [1.807, 2.05) is 34.3 Å². The van der Waals surface area contributed by atoms with E-state index in [1.165, 1.54) is 0 Å². The number of nitrogens with zero attached hydrogens (tertiary/aromatic N) is 4. The van der Waals surface area contributed by atoms with E-state index in [4.69, 9.17) is 23.8 Å². The maximum atomic E-state index is 6.26. The summed E-state index contributed by atoms with van der Waals surface area (Å²) in [5, 5.41) is 8.73. The molecule has 0 aliphatic rings. The van der Waals surface area contributed by atoms with Crippen LogP contribution in [-0.4, -0.2) is 24.3 Å². The van der Waals surface area contributed by atoms with E-state index in [0.29, 0.717) is 16.3 Å². The molecular formula is C12H12ClN5S. The Hall–Kier alpha value is -1.66. The van der Waals surface area contributed by atoms with Crippen LogP contribution in [0.4, 0.5) is 0 Å². The van der Waals surface area contributed by atoms with Crippen molar-refractivity contribution < 1.29 is 0 Å². The standard InChI is InChI=1S/C12H12ClN5S/c1-2-17-7-14-16-10(17)6-18-11-8(13)4-3-5-9(11)15-12(18)19/h3-5,7H,2,6H2,1H3,(H,15,19). The van der Waals surface area contributed by atoms with Crippen LogP contribution in [0.25, 0.3) is 11.0 Å². The number of hydrogen-bond acceptors (Lipinski definition) is 3. The topological polar surface area (TPSA) is 51.4 Å². The van der Waals surface area contributed by atoms with Crippen LogP contribution in [0.3, 0.4) is 0 Å². The summed E-state index contributed by atoms with van der Waals surface area (Å²) >= 11 is 11.6. The molecular weight excluding hydrogens is 282 g/mol. The second-order valence-corrected chi connectivity index (χ2v) is 4.98. The molecule has 2 heterocycles. The van der Waals surface area contributed by atoms with Gasteiger partial charge in [-0.15, -0.1) is 10.2 Å². The Morgan fingerprint density at radius 2 is 2.26 bits per heavy atom. The average Bonchev–Trinajstić information content (AvgIpc) is 2.96. The fourth-order valence-corrected chi connectivity index (χ4v) is 2.67. The minimum absolute atomic E-state index is 0.552. The van der Waals surface area contributed by atoms with Crippen molar-refractivity contribution in [2.24, 2.45) is 0 Å². The fourth-order valence-electron chi connectivity index (χ4n) is 2.13. The number of H-pyrrole nitrogens is 1. The maximum absolute atomic E-state index is 6.26. The second kappa shape index (κ2) is 4.79. The highest BCUT2D eigenvalue weighted by molar-refractivity contribution is 7.71. The van der Waals surface area contributed by atoms with Gasteiger partial charge in [0.2, 0.25) is 0 Å². The molecule has 1 N–H and O–H groups in total. The minimum atomic E-state index is 0.552. The van der Waals surface area contributed by atoms with Crippen molar-refractivity contribution in [2.75, 3.05) is 0 Å². The number of aromatic nitrogens is 5. The zero-order valence-electron chi connectivity index (χ0n) is 10.3. The van der Waals surface area contributed by atoms with E-state index in [-0.39, 0.29) is 0 Å². The first-order chi connectivity index (χ1) is 9.20. The smallest absolute Gasteiger partial charge is 0.178 e. The van der Waals surface area contributed by atoms with Crippen molar-refractivity contribution in [3.63, 3.8) is 0 Å². The van der Waals surface area contributed by atoms with Gasteiger partial charge in [0.05, 0.1) is 22.6 Å². The van der Waals surface area contributed by atoms with Gasteiger partial charge >= 0.3 is 0 Å². The van der Waals surface area contributed by atoms with Gasteiger partial charge in [-0.05, 0) is 31.3 Å². The van der Waals surface area contributed by atoms with Gasteiger partial charge in [-0.3, -0.25) is 0 Å². The predicted octanol–water partition coefficient (Wildman–Crippen LogP) is 3.01. The van der Waals surface area contributed by atoms with Crippen LogP contribution in [0.15, 0.2) is 24.5 Å². The summed E-state index contributed by atoms with van der Waals surface area (Å²) in [6.07, 6.45) is 1.72. The number of aryl methyl sites for hydroxylation is 1. The number of hydrogen-bond donors (Lipinski definition) is 1. The zero-order valence-corrected chi connectivity index (χ0v) is 11.9. The minimum Gasteiger partial charge on any atom is -0.331 e. The third kappa shape index (κ3) is 2.06. The first-order valence-electron chi connectivity index (χ1n) is 5.94. The molecule has 98 valence electrons. The molecule has 1 aromatic carbocycles. The maximum Gasteiger partial charge on any atom is 0.178 e. The Balaban J connectivity index is 2.15. The summed E-state index contributed by atoms with van der Waals surface area (Å²) in [5.74, 6) is 0.861. The highest BCUT2D eigenvalue weighted by Gasteiger charge is 2.11. The Morgan fingerprint density at radius 1 is 1.42 bits per heavy atom. The van der Waals surface area contributed by atoms with Crippen molar-refractivity contribution in [3.8, 4) is 0 Å².